The van der Waals surface area contributed by atoms with Gasteiger partial charge in [-0.1, -0.05) is 6.92 Å². The van der Waals surface area contributed by atoms with Crippen LogP contribution in [0.3, 0.4) is 0 Å². The van der Waals surface area contributed by atoms with E-state index < -0.39 is 0 Å². The number of rotatable bonds is 2. The predicted octanol–water partition coefficient (Wildman–Crippen LogP) is 2.30. The van der Waals surface area contributed by atoms with Crippen molar-refractivity contribution in [1.29, 1.82) is 0 Å². The Hall–Kier alpha value is -0.410. The van der Waals surface area contributed by atoms with E-state index in [0.29, 0.717) is 0 Å². The largest absolute Gasteiger partial charge is 0.323 e. The molecule has 1 nitrogen and oxygen atoms in total. The molecule has 1 rings (SSSR count). The Morgan fingerprint density at radius 2 is 2.50 bits per heavy atom. The van der Waals surface area contributed by atoms with E-state index in [2.05, 4.69) is 0 Å². The quantitative estimate of drug-likeness (QED) is 0.704. The lowest BCUT2D eigenvalue weighted by Gasteiger charge is -2.02. The third kappa shape index (κ3) is 1.55. The second-order valence-corrected chi connectivity index (χ2v) is 3.12. The molecule has 0 fully saturated rings. The van der Waals surface area contributed by atoms with Crippen LogP contribution >= 0.6 is 11.3 Å². The first-order valence-electron chi connectivity index (χ1n) is 3.23. The van der Waals surface area contributed by atoms with Crippen LogP contribution in [0.2, 0.25) is 0 Å². The zero-order valence-electron chi connectivity index (χ0n) is 5.80. The van der Waals surface area contributed by atoms with E-state index in [1.807, 2.05) is 6.92 Å². The van der Waals surface area contributed by atoms with Crippen LogP contribution in [0, 0.1) is 5.82 Å². The molecule has 1 aromatic heterocycles. The molecule has 0 bridgehead atoms. The van der Waals surface area contributed by atoms with Gasteiger partial charge in [-0.2, -0.15) is 0 Å². The molecule has 0 saturated carbocycles. The fourth-order valence-corrected chi connectivity index (χ4v) is 1.56. The van der Waals surface area contributed by atoms with Gasteiger partial charge in [-0.15, -0.1) is 11.3 Å². The summed E-state index contributed by atoms with van der Waals surface area (Å²) < 4.78 is 12.4. The Labute approximate surface area is 63.7 Å². The SMILES string of the molecule is CC[C@@H](N)c1cc(F)cs1. The minimum absolute atomic E-state index is 0.00880. The molecule has 0 aliphatic carbocycles. The first-order chi connectivity index (χ1) is 4.74. The summed E-state index contributed by atoms with van der Waals surface area (Å²) >= 11 is 1.38. The van der Waals surface area contributed by atoms with Crippen molar-refractivity contribution in [3.63, 3.8) is 0 Å². The van der Waals surface area contributed by atoms with Crippen LogP contribution < -0.4 is 5.73 Å². The maximum atomic E-state index is 12.4. The molecule has 0 saturated heterocycles. The van der Waals surface area contributed by atoms with Crippen molar-refractivity contribution < 1.29 is 4.39 Å². The topological polar surface area (TPSA) is 26.0 Å². The van der Waals surface area contributed by atoms with Gasteiger partial charge in [-0.25, -0.2) is 4.39 Å². The van der Waals surface area contributed by atoms with Crippen molar-refractivity contribution in [2.45, 2.75) is 19.4 Å². The molecule has 56 valence electrons. The summed E-state index contributed by atoms with van der Waals surface area (Å²) in [4.78, 5) is 0.931. The van der Waals surface area contributed by atoms with Gasteiger partial charge in [0, 0.05) is 16.3 Å². The van der Waals surface area contributed by atoms with Crippen molar-refractivity contribution in [2.75, 3.05) is 0 Å². The van der Waals surface area contributed by atoms with E-state index in [0.717, 1.165) is 11.3 Å². The second kappa shape index (κ2) is 3.12. The van der Waals surface area contributed by atoms with Gasteiger partial charge >= 0.3 is 0 Å². The summed E-state index contributed by atoms with van der Waals surface area (Å²) in [5.74, 6) is -0.177. The van der Waals surface area contributed by atoms with Crippen LogP contribution in [0.15, 0.2) is 11.4 Å². The zero-order valence-corrected chi connectivity index (χ0v) is 6.62. The highest BCUT2D eigenvalue weighted by Crippen LogP contribution is 2.21. The lowest BCUT2D eigenvalue weighted by molar-refractivity contribution is 0.627. The second-order valence-electron chi connectivity index (χ2n) is 2.18. The Bertz CT molecular complexity index is 209. The van der Waals surface area contributed by atoms with Crippen LogP contribution in [0.5, 0.6) is 0 Å². The van der Waals surface area contributed by atoms with E-state index >= 15 is 0 Å². The maximum absolute atomic E-state index is 12.4. The molecule has 1 atom stereocenters. The smallest absolute Gasteiger partial charge is 0.134 e. The molecule has 0 unspecified atom stereocenters. The van der Waals surface area contributed by atoms with Crippen LogP contribution in [-0.2, 0) is 0 Å². The Morgan fingerprint density at radius 1 is 1.80 bits per heavy atom. The molecule has 1 aromatic rings. The summed E-state index contributed by atoms with van der Waals surface area (Å²) in [5.41, 5.74) is 5.65. The van der Waals surface area contributed by atoms with Gasteiger partial charge in [-0.05, 0) is 12.5 Å². The molecular formula is C7H10FNS. The summed E-state index contributed by atoms with van der Waals surface area (Å²) in [7, 11) is 0. The lowest BCUT2D eigenvalue weighted by atomic mass is 10.2. The van der Waals surface area contributed by atoms with Crippen molar-refractivity contribution in [3.05, 3.63) is 22.1 Å². The highest BCUT2D eigenvalue weighted by atomic mass is 32.1. The third-order valence-corrected chi connectivity index (χ3v) is 2.43. The standard InChI is InChI=1S/C7H10FNS/c1-2-6(9)7-3-5(8)4-10-7/h3-4,6H,2,9H2,1H3/t6-/m1/s1. The maximum Gasteiger partial charge on any atom is 0.134 e. The van der Waals surface area contributed by atoms with Crippen LogP contribution in [0.1, 0.15) is 24.3 Å². The number of hydrogen-bond acceptors (Lipinski definition) is 2. The fraction of sp³-hybridized carbons (Fsp3) is 0.429. The van der Waals surface area contributed by atoms with Crippen molar-refractivity contribution >= 4 is 11.3 Å². The Morgan fingerprint density at radius 3 is 2.90 bits per heavy atom. The molecule has 0 amide bonds. The minimum atomic E-state index is -0.177. The van der Waals surface area contributed by atoms with Crippen LogP contribution in [-0.4, -0.2) is 0 Å². The van der Waals surface area contributed by atoms with Gasteiger partial charge < -0.3 is 5.73 Å². The normalized spacial score (nSPS) is 13.5. The van der Waals surface area contributed by atoms with Gasteiger partial charge in [0.2, 0.25) is 0 Å². The average molecular weight is 159 g/mol. The number of halogens is 1. The number of nitrogens with two attached hydrogens (primary N) is 1. The summed E-state index contributed by atoms with van der Waals surface area (Å²) in [6, 6.07) is 1.51. The Balaban J connectivity index is 2.74. The van der Waals surface area contributed by atoms with Gasteiger partial charge in [0.05, 0.1) is 0 Å². The van der Waals surface area contributed by atoms with E-state index in [1.54, 1.807) is 0 Å². The van der Waals surface area contributed by atoms with Crippen molar-refractivity contribution in [2.24, 2.45) is 5.73 Å². The van der Waals surface area contributed by atoms with E-state index in [1.165, 1.54) is 22.8 Å². The minimum Gasteiger partial charge on any atom is -0.323 e. The first-order valence-corrected chi connectivity index (χ1v) is 4.11. The molecule has 10 heavy (non-hydrogen) atoms. The first kappa shape index (κ1) is 7.69. The summed E-state index contributed by atoms with van der Waals surface area (Å²) in [5, 5.41) is 1.48. The molecule has 0 aromatic carbocycles. The number of thiophene rings is 1. The summed E-state index contributed by atoms with van der Waals surface area (Å²) in [6.45, 7) is 1.99. The molecule has 0 spiro atoms. The van der Waals surface area contributed by atoms with E-state index in [-0.39, 0.29) is 11.9 Å². The predicted molar refractivity (Wildman–Crippen MR) is 41.5 cm³/mol. The fourth-order valence-electron chi connectivity index (χ4n) is 0.724. The molecule has 1 heterocycles. The average Bonchev–Trinajstić information content (AvgIpc) is 2.34. The van der Waals surface area contributed by atoms with Gasteiger partial charge in [0.15, 0.2) is 0 Å². The number of hydrogen-bond donors (Lipinski definition) is 1. The molecule has 3 heteroatoms. The molecule has 0 radical (unpaired) electrons. The highest BCUT2D eigenvalue weighted by molar-refractivity contribution is 7.10. The van der Waals surface area contributed by atoms with E-state index in [4.69, 9.17) is 5.73 Å². The highest BCUT2D eigenvalue weighted by Gasteiger charge is 2.05. The molecular weight excluding hydrogens is 149 g/mol. The van der Waals surface area contributed by atoms with Crippen LogP contribution in [0.25, 0.3) is 0 Å². The Kier molecular flexibility index (Phi) is 2.40. The molecule has 0 aliphatic rings. The van der Waals surface area contributed by atoms with Gasteiger partial charge in [0.25, 0.3) is 0 Å². The zero-order chi connectivity index (χ0) is 7.56. The molecule has 0 aliphatic heterocycles. The van der Waals surface area contributed by atoms with Crippen molar-refractivity contribution in [1.82, 2.24) is 0 Å². The van der Waals surface area contributed by atoms with Crippen LogP contribution in [0.4, 0.5) is 4.39 Å². The van der Waals surface area contributed by atoms with Gasteiger partial charge in [-0.3, -0.25) is 0 Å². The third-order valence-electron chi connectivity index (χ3n) is 1.39. The summed E-state index contributed by atoms with van der Waals surface area (Å²) in [6.07, 6.45) is 0.861. The monoisotopic (exact) mass is 159 g/mol. The van der Waals surface area contributed by atoms with E-state index in [9.17, 15) is 4.39 Å². The van der Waals surface area contributed by atoms with Crippen molar-refractivity contribution in [3.8, 4) is 0 Å². The lowest BCUT2D eigenvalue weighted by Crippen LogP contribution is -2.05. The van der Waals surface area contributed by atoms with Gasteiger partial charge in [0.1, 0.15) is 5.82 Å². The molecule has 2 N–H and O–H groups in total.